The van der Waals surface area contributed by atoms with Crippen molar-refractivity contribution in [1.29, 1.82) is 0 Å². The number of carbonyl (C=O) groups excluding carboxylic acids is 2. The second kappa shape index (κ2) is 12.9. The number of anilines is 1. The highest BCUT2D eigenvalue weighted by Crippen LogP contribution is 2.29. The van der Waals surface area contributed by atoms with Crippen LogP contribution in [0.5, 0.6) is 0 Å². The highest BCUT2D eigenvalue weighted by Gasteiger charge is 2.33. The van der Waals surface area contributed by atoms with E-state index >= 15 is 0 Å². The second-order valence-electron chi connectivity index (χ2n) is 8.67. The smallest absolute Gasteiger partial charge is 0.407 e. The van der Waals surface area contributed by atoms with Gasteiger partial charge in [0.1, 0.15) is 17.0 Å². The number of ether oxygens (including phenoxy) is 1. The molecule has 2 heterocycles. The lowest BCUT2D eigenvalue weighted by atomic mass is 10.0. The number of hydrogen-bond acceptors (Lipinski definition) is 8. The zero-order valence-electron chi connectivity index (χ0n) is 21.2. The van der Waals surface area contributed by atoms with Crippen LogP contribution >= 0.6 is 22.7 Å². The second-order valence-corrected chi connectivity index (χ2v) is 11.6. The van der Waals surface area contributed by atoms with Gasteiger partial charge in [0.2, 0.25) is 5.91 Å². The Hall–Kier alpha value is -3.98. The molecule has 0 aliphatic carbocycles. The van der Waals surface area contributed by atoms with E-state index in [0.717, 1.165) is 15.2 Å². The third-order valence-electron chi connectivity index (χ3n) is 5.85. The Bertz CT molecular complexity index is 1540. The molecule has 0 saturated carbocycles. The van der Waals surface area contributed by atoms with Gasteiger partial charge in [0.15, 0.2) is 0 Å². The summed E-state index contributed by atoms with van der Waals surface area (Å²) in [5, 5.41) is 20.8. The van der Waals surface area contributed by atoms with E-state index in [-0.39, 0.29) is 18.5 Å². The maximum Gasteiger partial charge on any atom is 0.407 e. The van der Waals surface area contributed by atoms with Crippen molar-refractivity contribution in [2.24, 2.45) is 0 Å². The average Bonchev–Trinajstić information content (AvgIpc) is 3.58. The summed E-state index contributed by atoms with van der Waals surface area (Å²) in [5.41, 5.74) is 2.10. The van der Waals surface area contributed by atoms with Crippen LogP contribution in [-0.4, -0.2) is 43.3 Å². The van der Waals surface area contributed by atoms with Gasteiger partial charge >= 0.3 is 21.4 Å². The van der Waals surface area contributed by atoms with Gasteiger partial charge in [-0.3, -0.25) is 19.3 Å². The fraction of sp³-hybridized carbons (Fsp3) is 0.192. The van der Waals surface area contributed by atoms with Crippen molar-refractivity contribution >= 4 is 50.7 Å². The Morgan fingerprint density at radius 3 is 2.27 bits per heavy atom. The number of nitrogens with zero attached hydrogens (tertiary/aromatic N) is 1. The van der Waals surface area contributed by atoms with Crippen LogP contribution < -0.4 is 20.1 Å². The first-order valence-electron chi connectivity index (χ1n) is 11.9. The molecule has 2 aromatic carbocycles. The van der Waals surface area contributed by atoms with Crippen LogP contribution in [0.15, 0.2) is 77.5 Å². The number of amides is 2. The number of aromatic nitrogens is 1. The molecule has 14 heteroatoms. The first kappa shape index (κ1) is 29.0. The third kappa shape index (κ3) is 7.79. The summed E-state index contributed by atoms with van der Waals surface area (Å²) in [6, 6.07) is 17.4. The fourth-order valence-corrected chi connectivity index (χ4v) is 6.24. The first-order valence-corrected chi connectivity index (χ1v) is 15.1. The van der Waals surface area contributed by atoms with E-state index in [2.05, 4.69) is 10.6 Å². The standard InChI is InChI=1S/C26H26N4O7S3/c1-37-26(32)28-21(15-17-6-3-2-4-7-17)24(31)27-20(14-18-9-11-19(12-10-18)29-40(34,35)36)22-16-39-25(30(22)33)23-8-5-13-38-23/h2-13,16,20-21,29H,14-15H2,1H3,(H3-,27,28,31,32,33,34,35,36)/p+1. The Morgan fingerprint density at radius 1 is 0.950 bits per heavy atom. The lowest BCUT2D eigenvalue weighted by Crippen LogP contribution is -2.50. The molecule has 2 amide bonds. The molecule has 0 spiro atoms. The molecule has 2 atom stereocenters. The molecular formula is C26H27N4O7S3+. The van der Waals surface area contributed by atoms with Crippen LogP contribution in [0.1, 0.15) is 22.9 Å². The number of alkyl carbamates (subject to hydrolysis) is 1. The SMILES string of the molecule is COC(=O)NC(Cc1ccccc1)C(=O)NC(Cc1ccc(NS(=O)(=O)O)cc1)c1csc(-c2cccs2)[n+]1O. The van der Waals surface area contributed by atoms with E-state index in [1.54, 1.807) is 17.5 Å². The van der Waals surface area contributed by atoms with E-state index in [9.17, 15) is 23.2 Å². The number of hydrogen-bond donors (Lipinski definition) is 5. The van der Waals surface area contributed by atoms with Crippen LogP contribution in [-0.2, 0) is 32.7 Å². The van der Waals surface area contributed by atoms with Gasteiger partial charge in [-0.1, -0.05) is 59.9 Å². The molecule has 4 aromatic rings. The molecule has 0 fully saturated rings. The number of thiophene rings is 1. The van der Waals surface area contributed by atoms with Gasteiger partial charge in [0.25, 0.3) is 5.69 Å². The minimum Gasteiger partial charge on any atom is -0.453 e. The number of rotatable bonds is 11. The lowest BCUT2D eigenvalue weighted by Gasteiger charge is -2.21. The molecule has 5 N–H and O–H groups in total. The maximum absolute atomic E-state index is 13.6. The number of carbonyl (C=O) groups is 2. The van der Waals surface area contributed by atoms with Crippen molar-refractivity contribution in [3.63, 3.8) is 0 Å². The van der Waals surface area contributed by atoms with E-state index < -0.39 is 34.4 Å². The Morgan fingerprint density at radius 2 is 1.65 bits per heavy atom. The Balaban J connectivity index is 1.63. The van der Waals surface area contributed by atoms with Crippen molar-refractivity contribution in [2.75, 3.05) is 11.8 Å². The van der Waals surface area contributed by atoms with Crippen molar-refractivity contribution in [2.45, 2.75) is 24.9 Å². The topological polar surface area (TPSA) is 158 Å². The van der Waals surface area contributed by atoms with Gasteiger partial charge in [0.05, 0.1) is 18.2 Å². The molecule has 0 aliphatic rings. The largest absolute Gasteiger partial charge is 0.453 e. The molecule has 0 radical (unpaired) electrons. The summed E-state index contributed by atoms with van der Waals surface area (Å²) in [7, 11) is -3.22. The number of benzene rings is 2. The third-order valence-corrected chi connectivity index (χ3v) is 8.33. The van der Waals surface area contributed by atoms with E-state index in [1.165, 1.54) is 41.9 Å². The van der Waals surface area contributed by atoms with E-state index in [1.807, 2.05) is 52.6 Å². The average molecular weight is 604 g/mol. The summed E-state index contributed by atoms with van der Waals surface area (Å²) < 4.78 is 39.0. The minimum absolute atomic E-state index is 0.157. The predicted octanol–water partition coefficient (Wildman–Crippen LogP) is 3.58. The molecule has 210 valence electrons. The molecule has 11 nitrogen and oxygen atoms in total. The molecular weight excluding hydrogens is 577 g/mol. The normalized spacial score (nSPS) is 12.8. The predicted molar refractivity (Wildman–Crippen MR) is 151 cm³/mol. The molecule has 0 aliphatic heterocycles. The zero-order chi connectivity index (χ0) is 28.7. The summed E-state index contributed by atoms with van der Waals surface area (Å²) >= 11 is 2.77. The number of thiazole rings is 1. The Kier molecular flexibility index (Phi) is 9.37. The van der Waals surface area contributed by atoms with Crippen molar-refractivity contribution < 1.29 is 37.2 Å². The Labute approximate surface area is 238 Å². The van der Waals surface area contributed by atoms with Gasteiger partial charge in [-0.2, -0.15) is 8.42 Å². The van der Waals surface area contributed by atoms with Crippen LogP contribution in [0.25, 0.3) is 9.88 Å². The van der Waals surface area contributed by atoms with Crippen molar-refractivity contribution in [3.8, 4) is 9.88 Å². The molecule has 0 bridgehead atoms. The lowest BCUT2D eigenvalue weighted by molar-refractivity contribution is -0.898. The molecule has 4 rings (SSSR count). The van der Waals surface area contributed by atoms with Gasteiger partial charge in [-0.05, 0) is 34.7 Å². The quantitative estimate of drug-likeness (QED) is 0.0996. The molecule has 0 saturated heterocycles. The van der Waals surface area contributed by atoms with Gasteiger partial charge in [-0.15, -0.1) is 11.3 Å². The summed E-state index contributed by atoms with van der Waals surface area (Å²) in [4.78, 5) is 26.5. The van der Waals surface area contributed by atoms with Crippen LogP contribution in [0.4, 0.5) is 10.5 Å². The molecule has 2 unspecified atom stereocenters. The zero-order valence-corrected chi connectivity index (χ0v) is 23.6. The maximum atomic E-state index is 13.6. The van der Waals surface area contributed by atoms with E-state index in [0.29, 0.717) is 16.3 Å². The molecule has 2 aromatic heterocycles. The highest BCUT2D eigenvalue weighted by atomic mass is 32.2. The van der Waals surface area contributed by atoms with Gasteiger partial charge in [-0.25, -0.2) is 4.79 Å². The molecule has 40 heavy (non-hydrogen) atoms. The summed E-state index contributed by atoms with van der Waals surface area (Å²) in [6.45, 7) is 0. The minimum atomic E-state index is -4.43. The van der Waals surface area contributed by atoms with Crippen LogP contribution in [0.3, 0.4) is 0 Å². The summed E-state index contributed by atoms with van der Waals surface area (Å²) in [6.07, 6.45) is -0.342. The van der Waals surface area contributed by atoms with Crippen molar-refractivity contribution in [3.05, 3.63) is 94.3 Å². The van der Waals surface area contributed by atoms with Crippen LogP contribution in [0.2, 0.25) is 0 Å². The number of methoxy groups -OCH3 is 1. The summed E-state index contributed by atoms with van der Waals surface area (Å²) in [5.74, 6) is -0.493. The van der Waals surface area contributed by atoms with Crippen LogP contribution in [0, 0.1) is 0 Å². The monoisotopic (exact) mass is 603 g/mol. The number of nitrogens with one attached hydrogen (secondary N) is 3. The highest BCUT2D eigenvalue weighted by molar-refractivity contribution is 7.87. The van der Waals surface area contributed by atoms with Gasteiger partial charge < -0.3 is 15.4 Å². The first-order chi connectivity index (χ1) is 19.1. The fourth-order valence-electron chi connectivity index (χ4n) is 3.98. The van der Waals surface area contributed by atoms with Gasteiger partial charge in [0, 0.05) is 17.6 Å². The van der Waals surface area contributed by atoms with Crippen molar-refractivity contribution in [1.82, 2.24) is 10.6 Å². The van der Waals surface area contributed by atoms with E-state index in [4.69, 9.17) is 9.29 Å².